The van der Waals surface area contributed by atoms with Gasteiger partial charge in [-0.15, -0.1) is 0 Å². The van der Waals surface area contributed by atoms with Crippen molar-refractivity contribution in [2.45, 2.75) is 27.2 Å². The summed E-state index contributed by atoms with van der Waals surface area (Å²) in [6.07, 6.45) is 1.57. The molecule has 0 aliphatic heterocycles. The smallest absolute Gasteiger partial charge is 0.339 e. The molecule has 9 heteroatoms. The van der Waals surface area contributed by atoms with Crippen molar-refractivity contribution in [3.05, 3.63) is 156 Å². The van der Waals surface area contributed by atoms with E-state index in [2.05, 4.69) is 19.7 Å². The fraction of sp³-hybridized carbons (Fsp3) is 0.0976. The van der Waals surface area contributed by atoms with Crippen LogP contribution in [0.4, 0.5) is 0 Å². The van der Waals surface area contributed by atoms with Crippen LogP contribution >= 0.6 is 0 Å². The lowest BCUT2D eigenvalue weighted by Crippen LogP contribution is -2.12. The number of hydrogen-bond donors (Lipinski definition) is 0. The molecule has 0 unspecified atom stereocenters. The second-order valence-corrected chi connectivity index (χ2v) is 11.2. The summed E-state index contributed by atoms with van der Waals surface area (Å²) in [5.41, 5.74) is 3.41. The van der Waals surface area contributed by atoms with E-state index in [-0.39, 0.29) is 40.4 Å². The number of rotatable bonds is 13. The van der Waals surface area contributed by atoms with Crippen LogP contribution < -0.4 is 18.9 Å². The van der Waals surface area contributed by atoms with Crippen LogP contribution in [0, 0.1) is 0 Å². The summed E-state index contributed by atoms with van der Waals surface area (Å²) < 4.78 is 21.2. The lowest BCUT2D eigenvalue weighted by atomic mass is 10.0. The molecule has 4 aromatic rings. The second kappa shape index (κ2) is 16.5. The van der Waals surface area contributed by atoms with Crippen molar-refractivity contribution in [3.8, 4) is 34.1 Å². The monoisotopic (exact) mass is 670 g/mol. The molecule has 0 amide bonds. The largest absolute Gasteiger partial charge is 0.423 e. The molecule has 0 aromatic heterocycles. The summed E-state index contributed by atoms with van der Waals surface area (Å²) in [5, 5.41) is 0. The van der Waals surface area contributed by atoms with Gasteiger partial charge in [-0.05, 0) is 111 Å². The predicted octanol–water partition coefficient (Wildman–Crippen LogP) is 7.95. The minimum atomic E-state index is -0.695. The summed E-state index contributed by atoms with van der Waals surface area (Å²) in [5.74, 6) is -1.39. The highest BCUT2D eigenvalue weighted by Gasteiger charge is 2.15. The Morgan fingerprint density at radius 3 is 1.16 bits per heavy atom. The first kappa shape index (κ1) is 36.2. The molecular weight excluding hydrogens is 636 g/mol. The van der Waals surface area contributed by atoms with Gasteiger partial charge in [-0.25, -0.2) is 19.2 Å². The van der Waals surface area contributed by atoms with E-state index in [0.29, 0.717) is 28.2 Å². The van der Waals surface area contributed by atoms with Gasteiger partial charge in [-0.1, -0.05) is 50.1 Å². The van der Waals surface area contributed by atoms with Gasteiger partial charge in [-0.3, -0.25) is 4.79 Å². The molecule has 0 aliphatic carbocycles. The van der Waals surface area contributed by atoms with E-state index in [1.807, 2.05) is 0 Å². The van der Waals surface area contributed by atoms with Gasteiger partial charge >= 0.3 is 23.9 Å². The van der Waals surface area contributed by atoms with Gasteiger partial charge < -0.3 is 18.9 Å². The molecule has 4 rings (SSSR count). The number of ether oxygens (including phenoxy) is 4. The Hall–Kier alpha value is -6.61. The number of ketones is 1. The molecule has 50 heavy (non-hydrogen) atoms. The number of esters is 4. The molecule has 0 N–H and O–H groups in total. The fourth-order valence-electron chi connectivity index (χ4n) is 4.14. The summed E-state index contributed by atoms with van der Waals surface area (Å²) in [6.45, 7) is 15.5. The molecule has 0 fully saturated rings. The highest BCUT2D eigenvalue weighted by Crippen LogP contribution is 2.26. The Morgan fingerprint density at radius 1 is 0.480 bits per heavy atom. The van der Waals surface area contributed by atoms with Gasteiger partial charge in [0.25, 0.3) is 0 Å². The zero-order chi connectivity index (χ0) is 36.4. The standard InChI is InChI=1S/C41H34O9/c1-25(2)38(43)47-33-17-9-29(10-18-33)30-11-19-35(20-12-30)49-40(45)27(5)7-8-28(6)41(46)50-36-23-15-32(16-24-36)37(42)31-13-21-34(22-14-31)48-39(44)26(3)4/h7,9-24H,1,3,6,8H2,2,4-5H3/b27-7+. The van der Waals surface area contributed by atoms with Crippen LogP contribution in [-0.4, -0.2) is 29.7 Å². The SMILES string of the molecule is C=C(C)C(=O)Oc1ccc(C(=O)c2ccc(OC(=O)C(=C)C/C=C(\C)C(=O)Oc3ccc(-c4ccc(OC(=O)C(=C)C)cc4)cc3)cc2)cc1. The normalized spacial score (nSPS) is 10.7. The highest BCUT2D eigenvalue weighted by molar-refractivity contribution is 6.09. The minimum absolute atomic E-state index is 0.0463. The third-order valence-corrected chi connectivity index (χ3v) is 7.08. The lowest BCUT2D eigenvalue weighted by molar-refractivity contribution is -0.131. The first-order chi connectivity index (χ1) is 23.8. The van der Waals surface area contributed by atoms with Crippen LogP contribution in [0.2, 0.25) is 0 Å². The Bertz CT molecular complexity index is 2000. The third kappa shape index (κ3) is 9.95. The molecule has 0 saturated carbocycles. The van der Waals surface area contributed by atoms with Crippen molar-refractivity contribution < 1.29 is 42.9 Å². The minimum Gasteiger partial charge on any atom is -0.423 e. The van der Waals surface area contributed by atoms with Crippen molar-refractivity contribution in [1.82, 2.24) is 0 Å². The molecule has 0 bridgehead atoms. The quantitative estimate of drug-likeness (QED) is 0.0604. The molecule has 0 saturated heterocycles. The zero-order valence-electron chi connectivity index (χ0n) is 27.8. The van der Waals surface area contributed by atoms with E-state index in [4.69, 9.17) is 18.9 Å². The molecule has 4 aromatic carbocycles. The van der Waals surface area contributed by atoms with E-state index in [0.717, 1.165) is 11.1 Å². The molecule has 0 spiro atoms. The van der Waals surface area contributed by atoms with Crippen molar-refractivity contribution in [2.24, 2.45) is 0 Å². The van der Waals surface area contributed by atoms with Gasteiger partial charge in [0.05, 0.1) is 0 Å². The molecule has 9 nitrogen and oxygen atoms in total. The third-order valence-electron chi connectivity index (χ3n) is 7.08. The Morgan fingerprint density at radius 2 is 0.800 bits per heavy atom. The first-order valence-corrected chi connectivity index (χ1v) is 15.3. The van der Waals surface area contributed by atoms with E-state index in [1.54, 1.807) is 74.5 Å². The molecule has 0 radical (unpaired) electrons. The van der Waals surface area contributed by atoms with E-state index < -0.39 is 23.9 Å². The predicted molar refractivity (Wildman–Crippen MR) is 188 cm³/mol. The number of carbonyl (C=O) groups is 5. The van der Waals surface area contributed by atoms with Crippen LogP contribution in [-0.2, 0) is 19.2 Å². The Balaban J connectivity index is 1.25. The van der Waals surface area contributed by atoms with Crippen LogP contribution in [0.25, 0.3) is 11.1 Å². The summed E-state index contributed by atoms with van der Waals surface area (Å²) in [6, 6.07) is 26.0. The van der Waals surface area contributed by atoms with E-state index in [9.17, 15) is 24.0 Å². The average Bonchev–Trinajstić information content (AvgIpc) is 3.11. The van der Waals surface area contributed by atoms with Gasteiger partial charge in [0.15, 0.2) is 5.78 Å². The van der Waals surface area contributed by atoms with Crippen molar-refractivity contribution in [1.29, 1.82) is 0 Å². The molecule has 252 valence electrons. The maximum absolute atomic E-state index is 12.9. The molecule has 0 aliphatic rings. The van der Waals surface area contributed by atoms with Crippen LogP contribution in [0.15, 0.2) is 145 Å². The second-order valence-electron chi connectivity index (χ2n) is 11.2. The Kier molecular flexibility index (Phi) is 11.9. The van der Waals surface area contributed by atoms with Crippen molar-refractivity contribution >= 4 is 29.7 Å². The van der Waals surface area contributed by atoms with E-state index in [1.165, 1.54) is 49.4 Å². The van der Waals surface area contributed by atoms with Gasteiger partial charge in [-0.2, -0.15) is 0 Å². The number of allylic oxidation sites excluding steroid dienone is 1. The first-order valence-electron chi connectivity index (χ1n) is 15.3. The van der Waals surface area contributed by atoms with Crippen molar-refractivity contribution in [3.63, 3.8) is 0 Å². The lowest BCUT2D eigenvalue weighted by Gasteiger charge is -2.09. The maximum Gasteiger partial charge on any atom is 0.339 e. The molecular formula is C41H34O9. The number of hydrogen-bond acceptors (Lipinski definition) is 9. The molecule has 0 heterocycles. The highest BCUT2D eigenvalue weighted by atomic mass is 16.5. The maximum atomic E-state index is 12.9. The van der Waals surface area contributed by atoms with Gasteiger partial charge in [0.2, 0.25) is 0 Å². The zero-order valence-corrected chi connectivity index (χ0v) is 27.8. The fourth-order valence-corrected chi connectivity index (χ4v) is 4.14. The Labute approximate surface area is 289 Å². The summed E-state index contributed by atoms with van der Waals surface area (Å²) in [4.78, 5) is 61.5. The topological polar surface area (TPSA) is 122 Å². The summed E-state index contributed by atoms with van der Waals surface area (Å²) in [7, 11) is 0. The van der Waals surface area contributed by atoms with E-state index >= 15 is 0 Å². The summed E-state index contributed by atoms with van der Waals surface area (Å²) >= 11 is 0. The average molecular weight is 671 g/mol. The van der Waals surface area contributed by atoms with Crippen molar-refractivity contribution in [2.75, 3.05) is 0 Å². The number of carbonyl (C=O) groups excluding carboxylic acids is 5. The van der Waals surface area contributed by atoms with Crippen LogP contribution in [0.1, 0.15) is 43.1 Å². The molecule has 0 atom stereocenters. The number of benzene rings is 4. The van der Waals surface area contributed by atoms with Gasteiger partial charge in [0.1, 0.15) is 23.0 Å². The van der Waals surface area contributed by atoms with Gasteiger partial charge in [0, 0.05) is 33.4 Å². The van der Waals surface area contributed by atoms with Crippen LogP contribution in [0.3, 0.4) is 0 Å². The van der Waals surface area contributed by atoms with Crippen LogP contribution in [0.5, 0.6) is 23.0 Å².